The zero-order valence-electron chi connectivity index (χ0n) is 14.8. The summed E-state index contributed by atoms with van der Waals surface area (Å²) in [5.74, 6) is 1.78. The molecule has 3 aromatic rings. The number of halogens is 1. The number of benzene rings is 2. The molecule has 0 fully saturated rings. The van der Waals surface area contributed by atoms with E-state index in [1.54, 1.807) is 38.4 Å². The minimum absolute atomic E-state index is 0.0486. The fourth-order valence-corrected chi connectivity index (χ4v) is 2.61. The van der Waals surface area contributed by atoms with E-state index >= 15 is 0 Å². The molecule has 0 unspecified atom stereocenters. The summed E-state index contributed by atoms with van der Waals surface area (Å²) in [5.41, 5.74) is 2.31. The van der Waals surface area contributed by atoms with Gasteiger partial charge in [-0.3, -0.25) is 4.79 Å². The van der Waals surface area contributed by atoms with Crippen molar-refractivity contribution in [3.8, 4) is 17.1 Å². The summed E-state index contributed by atoms with van der Waals surface area (Å²) >= 11 is 5.92. The molecule has 0 aliphatic rings. The molecule has 3 rings (SSSR count). The van der Waals surface area contributed by atoms with E-state index in [9.17, 15) is 4.79 Å². The van der Waals surface area contributed by atoms with Gasteiger partial charge in [-0.25, -0.2) is 4.98 Å². The highest BCUT2D eigenvalue weighted by Crippen LogP contribution is 2.26. The highest BCUT2D eigenvalue weighted by atomic mass is 35.5. The Morgan fingerprint density at radius 2 is 1.77 bits per heavy atom. The van der Waals surface area contributed by atoms with Crippen LogP contribution in [0, 0.1) is 6.92 Å². The zero-order chi connectivity index (χ0) is 18.7. The largest absolute Gasteiger partial charge is 0.484 e. The number of hydrogen-bond acceptors (Lipinski definition) is 4. The zero-order valence-corrected chi connectivity index (χ0v) is 15.6. The van der Waals surface area contributed by atoms with Crippen LogP contribution in [0.4, 0.5) is 0 Å². The van der Waals surface area contributed by atoms with Crippen molar-refractivity contribution in [3.63, 3.8) is 0 Å². The second-order valence-corrected chi connectivity index (χ2v) is 6.48. The smallest absolute Gasteiger partial charge is 0.253 e. The van der Waals surface area contributed by atoms with E-state index in [2.05, 4.69) is 4.98 Å². The Bertz CT molecular complexity index is 900. The molecule has 5 nitrogen and oxygen atoms in total. The number of amides is 1. The minimum atomic E-state index is -0.0486. The molecule has 6 heteroatoms. The fraction of sp³-hybridized carbons (Fsp3) is 0.200. The van der Waals surface area contributed by atoms with Crippen LogP contribution in [-0.4, -0.2) is 29.9 Å². The number of carbonyl (C=O) groups is 1. The van der Waals surface area contributed by atoms with Crippen molar-refractivity contribution in [1.82, 2.24) is 9.88 Å². The van der Waals surface area contributed by atoms with Gasteiger partial charge in [-0.15, -0.1) is 0 Å². The number of ether oxygens (including phenoxy) is 1. The molecular formula is C20H19ClN2O3. The molecule has 0 atom stereocenters. The van der Waals surface area contributed by atoms with Crippen molar-refractivity contribution in [2.24, 2.45) is 0 Å². The molecule has 0 N–H and O–H groups in total. The van der Waals surface area contributed by atoms with Crippen LogP contribution in [0.5, 0.6) is 5.75 Å². The summed E-state index contributed by atoms with van der Waals surface area (Å²) in [6, 6.07) is 14.4. The molecule has 1 heterocycles. The molecule has 2 aromatic carbocycles. The summed E-state index contributed by atoms with van der Waals surface area (Å²) in [6.45, 7) is 2.09. The van der Waals surface area contributed by atoms with E-state index in [0.29, 0.717) is 28.0 Å². The monoisotopic (exact) mass is 370 g/mol. The lowest BCUT2D eigenvalue weighted by atomic mass is 10.1. The van der Waals surface area contributed by atoms with Gasteiger partial charge < -0.3 is 14.1 Å². The molecule has 0 aliphatic heterocycles. The van der Waals surface area contributed by atoms with Crippen LogP contribution in [0.3, 0.4) is 0 Å². The fourth-order valence-electron chi connectivity index (χ4n) is 2.48. The Balaban J connectivity index is 1.68. The van der Waals surface area contributed by atoms with Crippen LogP contribution in [-0.2, 0) is 6.61 Å². The topological polar surface area (TPSA) is 55.6 Å². The van der Waals surface area contributed by atoms with Gasteiger partial charge in [-0.1, -0.05) is 11.6 Å². The molecule has 1 aromatic heterocycles. The van der Waals surface area contributed by atoms with E-state index < -0.39 is 0 Å². The summed E-state index contributed by atoms with van der Waals surface area (Å²) in [4.78, 5) is 17.8. The summed E-state index contributed by atoms with van der Waals surface area (Å²) in [7, 11) is 3.44. The van der Waals surface area contributed by atoms with Gasteiger partial charge >= 0.3 is 0 Å². The maximum absolute atomic E-state index is 11.9. The van der Waals surface area contributed by atoms with Crippen molar-refractivity contribution in [2.45, 2.75) is 13.5 Å². The molecule has 0 radical (unpaired) electrons. The quantitative estimate of drug-likeness (QED) is 0.659. The number of rotatable bonds is 5. The van der Waals surface area contributed by atoms with Gasteiger partial charge in [0.15, 0.2) is 12.4 Å². The standard InChI is InChI=1S/C20H19ClN2O3/c1-13-19(14-4-8-16(21)9-5-14)26-18(22-13)12-25-17-10-6-15(7-11-17)20(24)23(2)3/h4-11H,12H2,1-3H3. The third-order valence-corrected chi connectivity index (χ3v) is 4.07. The molecule has 0 saturated carbocycles. The number of hydrogen-bond donors (Lipinski definition) is 0. The van der Waals surface area contributed by atoms with E-state index in [4.69, 9.17) is 20.8 Å². The first-order valence-corrected chi connectivity index (χ1v) is 8.48. The first-order valence-electron chi connectivity index (χ1n) is 8.11. The van der Waals surface area contributed by atoms with Crippen molar-refractivity contribution in [1.29, 1.82) is 0 Å². The van der Waals surface area contributed by atoms with E-state index in [1.165, 1.54) is 4.90 Å². The van der Waals surface area contributed by atoms with Gasteiger partial charge in [0.25, 0.3) is 5.91 Å². The first-order chi connectivity index (χ1) is 12.4. The number of carbonyl (C=O) groups excluding carboxylic acids is 1. The third-order valence-electron chi connectivity index (χ3n) is 3.82. The average Bonchev–Trinajstić information content (AvgIpc) is 3.01. The number of oxazole rings is 1. The molecular weight excluding hydrogens is 352 g/mol. The van der Waals surface area contributed by atoms with Gasteiger partial charge in [0.1, 0.15) is 5.75 Å². The highest BCUT2D eigenvalue weighted by molar-refractivity contribution is 6.30. The Kier molecular flexibility index (Phi) is 5.28. The molecule has 26 heavy (non-hydrogen) atoms. The average molecular weight is 371 g/mol. The lowest BCUT2D eigenvalue weighted by Crippen LogP contribution is -2.21. The minimum Gasteiger partial charge on any atom is -0.484 e. The Labute approximate surface area is 157 Å². The van der Waals surface area contributed by atoms with E-state index in [0.717, 1.165) is 11.3 Å². The molecule has 0 saturated heterocycles. The lowest BCUT2D eigenvalue weighted by Gasteiger charge is -2.10. The summed E-state index contributed by atoms with van der Waals surface area (Å²) in [5, 5.41) is 0.672. The molecule has 0 spiro atoms. The molecule has 1 amide bonds. The predicted octanol–water partition coefficient (Wildman–Crippen LogP) is 4.58. The van der Waals surface area contributed by atoms with E-state index in [1.807, 2.05) is 31.2 Å². The van der Waals surface area contributed by atoms with Crippen LogP contribution in [0.2, 0.25) is 5.02 Å². The van der Waals surface area contributed by atoms with Gasteiger partial charge in [0, 0.05) is 30.2 Å². The van der Waals surface area contributed by atoms with Crippen molar-refractivity contribution in [3.05, 3.63) is 70.7 Å². The van der Waals surface area contributed by atoms with Crippen LogP contribution in [0.25, 0.3) is 11.3 Å². The first kappa shape index (κ1) is 18.0. The SMILES string of the molecule is Cc1nc(COc2ccc(C(=O)N(C)C)cc2)oc1-c1ccc(Cl)cc1. The van der Waals surface area contributed by atoms with Gasteiger partial charge in [-0.05, 0) is 55.5 Å². The van der Waals surface area contributed by atoms with Crippen molar-refractivity contribution < 1.29 is 13.9 Å². The Hall–Kier alpha value is -2.79. The van der Waals surface area contributed by atoms with Crippen LogP contribution >= 0.6 is 11.6 Å². The van der Waals surface area contributed by atoms with Gasteiger partial charge in [-0.2, -0.15) is 0 Å². The number of aromatic nitrogens is 1. The van der Waals surface area contributed by atoms with Gasteiger partial charge in [0.05, 0.1) is 5.69 Å². The van der Waals surface area contributed by atoms with Crippen molar-refractivity contribution in [2.75, 3.05) is 14.1 Å². The van der Waals surface area contributed by atoms with Crippen LogP contribution in [0.1, 0.15) is 21.9 Å². The number of aryl methyl sites for hydroxylation is 1. The molecule has 0 bridgehead atoms. The molecule has 0 aliphatic carbocycles. The lowest BCUT2D eigenvalue weighted by molar-refractivity contribution is 0.0827. The normalized spacial score (nSPS) is 10.6. The maximum Gasteiger partial charge on any atom is 0.253 e. The van der Waals surface area contributed by atoms with Crippen LogP contribution in [0.15, 0.2) is 52.9 Å². The Morgan fingerprint density at radius 1 is 1.12 bits per heavy atom. The maximum atomic E-state index is 11.9. The second-order valence-electron chi connectivity index (χ2n) is 6.04. The Morgan fingerprint density at radius 3 is 2.38 bits per heavy atom. The van der Waals surface area contributed by atoms with Gasteiger partial charge in [0.2, 0.25) is 5.89 Å². The highest BCUT2D eigenvalue weighted by Gasteiger charge is 2.13. The predicted molar refractivity (Wildman–Crippen MR) is 100 cm³/mol. The molecule has 134 valence electrons. The number of nitrogens with zero attached hydrogens (tertiary/aromatic N) is 2. The second kappa shape index (κ2) is 7.62. The summed E-state index contributed by atoms with van der Waals surface area (Å²) in [6.07, 6.45) is 0. The summed E-state index contributed by atoms with van der Waals surface area (Å²) < 4.78 is 11.5. The van der Waals surface area contributed by atoms with E-state index in [-0.39, 0.29) is 12.5 Å². The van der Waals surface area contributed by atoms with Crippen molar-refractivity contribution >= 4 is 17.5 Å². The van der Waals surface area contributed by atoms with Crippen LogP contribution < -0.4 is 4.74 Å². The third kappa shape index (κ3) is 4.06.